The van der Waals surface area contributed by atoms with Crippen LogP contribution in [0.4, 0.5) is 5.69 Å². The maximum Gasteiger partial charge on any atom is 0.254 e. The van der Waals surface area contributed by atoms with Gasteiger partial charge < -0.3 is 10.6 Å². The fourth-order valence-electron chi connectivity index (χ4n) is 1.49. The second kappa shape index (κ2) is 6.17. The van der Waals surface area contributed by atoms with Gasteiger partial charge >= 0.3 is 0 Å². The van der Waals surface area contributed by atoms with Crippen molar-refractivity contribution in [3.63, 3.8) is 0 Å². The zero-order valence-corrected chi connectivity index (χ0v) is 10.5. The van der Waals surface area contributed by atoms with Crippen LogP contribution in [0.5, 0.6) is 0 Å². The van der Waals surface area contributed by atoms with Crippen molar-refractivity contribution in [2.45, 2.75) is 13.3 Å². The predicted octanol–water partition coefficient (Wildman–Crippen LogP) is 2.41. The van der Waals surface area contributed by atoms with E-state index in [0.29, 0.717) is 29.4 Å². The molecule has 3 nitrogen and oxygen atoms in total. The average molecular weight is 251 g/mol. The number of anilines is 1. The smallest absolute Gasteiger partial charge is 0.254 e. The summed E-state index contributed by atoms with van der Waals surface area (Å²) in [6.07, 6.45) is 6.10. The van der Waals surface area contributed by atoms with Gasteiger partial charge in [-0.15, -0.1) is 6.42 Å². The summed E-state index contributed by atoms with van der Waals surface area (Å²) in [5.74, 6) is 2.36. The Morgan fingerprint density at radius 3 is 2.82 bits per heavy atom. The van der Waals surface area contributed by atoms with E-state index in [0.717, 1.165) is 6.42 Å². The molecule has 0 heterocycles. The van der Waals surface area contributed by atoms with Gasteiger partial charge in [0.15, 0.2) is 0 Å². The van der Waals surface area contributed by atoms with Crippen LogP contribution in [0.25, 0.3) is 0 Å². The molecule has 0 unspecified atom stereocenters. The molecule has 1 aromatic rings. The number of halogens is 1. The Labute approximate surface area is 107 Å². The van der Waals surface area contributed by atoms with E-state index in [9.17, 15) is 4.79 Å². The van der Waals surface area contributed by atoms with Crippen LogP contribution in [0.3, 0.4) is 0 Å². The fraction of sp³-hybridized carbons (Fsp3) is 0.308. The topological polar surface area (TPSA) is 46.3 Å². The number of benzene rings is 1. The van der Waals surface area contributed by atoms with Crippen LogP contribution in [0.2, 0.25) is 5.02 Å². The molecule has 1 amide bonds. The molecule has 0 aliphatic carbocycles. The fourth-order valence-corrected chi connectivity index (χ4v) is 1.61. The quantitative estimate of drug-likeness (QED) is 0.659. The lowest BCUT2D eigenvalue weighted by Gasteiger charge is -2.19. The maximum atomic E-state index is 12.1. The summed E-state index contributed by atoms with van der Waals surface area (Å²) in [6.45, 7) is 2.92. The van der Waals surface area contributed by atoms with Crippen molar-refractivity contribution in [2.24, 2.45) is 0 Å². The van der Waals surface area contributed by atoms with E-state index in [1.807, 2.05) is 6.92 Å². The van der Waals surface area contributed by atoms with Gasteiger partial charge in [-0.1, -0.05) is 24.4 Å². The van der Waals surface area contributed by atoms with E-state index in [4.69, 9.17) is 23.8 Å². The molecule has 0 fully saturated rings. The highest BCUT2D eigenvalue weighted by atomic mass is 35.5. The van der Waals surface area contributed by atoms with Gasteiger partial charge in [0, 0.05) is 12.1 Å². The van der Waals surface area contributed by atoms with E-state index < -0.39 is 0 Å². The molecule has 2 N–H and O–H groups in total. The molecule has 0 aliphatic rings. The first-order chi connectivity index (χ1) is 8.10. The number of nitrogens with zero attached hydrogens (tertiary/aromatic N) is 1. The average Bonchev–Trinajstić information content (AvgIpc) is 2.31. The lowest BCUT2D eigenvalue weighted by Crippen LogP contribution is -2.32. The molecule has 0 radical (unpaired) electrons. The molecule has 4 heteroatoms. The number of amides is 1. The van der Waals surface area contributed by atoms with Gasteiger partial charge in [0.25, 0.3) is 5.91 Å². The van der Waals surface area contributed by atoms with Crippen molar-refractivity contribution in [3.05, 3.63) is 28.8 Å². The molecular formula is C13H15ClN2O. The Hall–Kier alpha value is -1.66. The molecule has 0 saturated carbocycles. The van der Waals surface area contributed by atoms with E-state index >= 15 is 0 Å². The minimum atomic E-state index is -0.117. The SMILES string of the molecule is C#CCN(CCC)C(=O)c1ccc(Cl)c(N)c1. The Balaban J connectivity index is 2.93. The standard InChI is InChI=1S/C13H15ClN2O/c1-3-7-16(8-4-2)13(17)10-5-6-11(14)12(15)9-10/h1,5-6,9H,4,7-8,15H2,2H3. The van der Waals surface area contributed by atoms with Crippen molar-refractivity contribution in [1.29, 1.82) is 0 Å². The van der Waals surface area contributed by atoms with Crippen molar-refractivity contribution >= 4 is 23.2 Å². The summed E-state index contributed by atoms with van der Waals surface area (Å²) in [6, 6.07) is 4.84. The summed E-state index contributed by atoms with van der Waals surface area (Å²) in [7, 11) is 0. The van der Waals surface area contributed by atoms with E-state index in [1.54, 1.807) is 23.1 Å². The van der Waals surface area contributed by atoms with E-state index in [2.05, 4.69) is 5.92 Å². The van der Waals surface area contributed by atoms with Crippen LogP contribution in [-0.2, 0) is 0 Å². The van der Waals surface area contributed by atoms with Gasteiger partial charge in [-0.3, -0.25) is 4.79 Å². The normalized spacial score (nSPS) is 9.71. The highest BCUT2D eigenvalue weighted by molar-refractivity contribution is 6.33. The second-order valence-corrected chi connectivity index (χ2v) is 4.07. The van der Waals surface area contributed by atoms with Crippen LogP contribution in [0.1, 0.15) is 23.7 Å². The molecule has 0 atom stereocenters. The molecule has 0 spiro atoms. The molecule has 1 aromatic carbocycles. The van der Waals surface area contributed by atoms with Crippen LogP contribution in [0, 0.1) is 12.3 Å². The zero-order chi connectivity index (χ0) is 12.8. The molecule has 0 bridgehead atoms. The molecule has 0 saturated heterocycles. The third-order valence-corrected chi connectivity index (χ3v) is 2.65. The molecular weight excluding hydrogens is 236 g/mol. The lowest BCUT2D eigenvalue weighted by atomic mass is 10.1. The summed E-state index contributed by atoms with van der Waals surface area (Å²) >= 11 is 5.80. The van der Waals surface area contributed by atoms with E-state index in [1.165, 1.54) is 0 Å². The van der Waals surface area contributed by atoms with Gasteiger partial charge in [-0.05, 0) is 24.6 Å². The molecule has 1 rings (SSSR count). The second-order valence-electron chi connectivity index (χ2n) is 3.67. The van der Waals surface area contributed by atoms with Crippen LogP contribution in [0.15, 0.2) is 18.2 Å². The minimum absolute atomic E-state index is 0.117. The minimum Gasteiger partial charge on any atom is -0.398 e. The van der Waals surface area contributed by atoms with Crippen LogP contribution in [-0.4, -0.2) is 23.9 Å². The van der Waals surface area contributed by atoms with Crippen molar-refractivity contribution in [3.8, 4) is 12.3 Å². The van der Waals surface area contributed by atoms with Gasteiger partial charge in [-0.25, -0.2) is 0 Å². The zero-order valence-electron chi connectivity index (χ0n) is 9.74. The molecule has 17 heavy (non-hydrogen) atoms. The number of carbonyl (C=O) groups excluding carboxylic acids is 1. The monoisotopic (exact) mass is 250 g/mol. The van der Waals surface area contributed by atoms with Gasteiger partial charge in [0.05, 0.1) is 17.3 Å². The van der Waals surface area contributed by atoms with Crippen molar-refractivity contribution in [2.75, 3.05) is 18.8 Å². The Morgan fingerprint density at radius 2 is 2.29 bits per heavy atom. The third kappa shape index (κ3) is 3.40. The molecule has 0 aromatic heterocycles. The highest BCUT2D eigenvalue weighted by Crippen LogP contribution is 2.20. The number of hydrogen-bond acceptors (Lipinski definition) is 2. The summed E-state index contributed by atoms with van der Waals surface area (Å²) in [4.78, 5) is 13.7. The number of terminal acetylenes is 1. The van der Waals surface area contributed by atoms with Crippen LogP contribution >= 0.6 is 11.6 Å². The van der Waals surface area contributed by atoms with Gasteiger partial charge in [0.1, 0.15) is 0 Å². The predicted molar refractivity (Wildman–Crippen MR) is 70.9 cm³/mol. The van der Waals surface area contributed by atoms with Gasteiger partial charge in [0.2, 0.25) is 0 Å². The third-order valence-electron chi connectivity index (χ3n) is 2.31. The number of nitrogens with two attached hydrogens (primary N) is 1. The number of nitrogen functional groups attached to an aromatic ring is 1. The number of carbonyl (C=O) groups is 1. The van der Waals surface area contributed by atoms with Crippen molar-refractivity contribution in [1.82, 2.24) is 4.90 Å². The Kier molecular flexibility index (Phi) is 4.86. The first kappa shape index (κ1) is 13.4. The van der Waals surface area contributed by atoms with E-state index in [-0.39, 0.29) is 5.91 Å². The summed E-state index contributed by atoms with van der Waals surface area (Å²) in [5.41, 5.74) is 6.57. The highest BCUT2D eigenvalue weighted by Gasteiger charge is 2.14. The van der Waals surface area contributed by atoms with Crippen LogP contribution < -0.4 is 5.73 Å². The first-order valence-electron chi connectivity index (χ1n) is 5.38. The maximum absolute atomic E-state index is 12.1. The lowest BCUT2D eigenvalue weighted by molar-refractivity contribution is 0.0777. The summed E-state index contributed by atoms with van der Waals surface area (Å²) in [5, 5.41) is 0.445. The van der Waals surface area contributed by atoms with Crippen molar-refractivity contribution < 1.29 is 4.79 Å². The summed E-state index contributed by atoms with van der Waals surface area (Å²) < 4.78 is 0. The molecule has 90 valence electrons. The first-order valence-corrected chi connectivity index (χ1v) is 5.75. The molecule has 0 aliphatic heterocycles. The number of rotatable bonds is 4. The number of hydrogen-bond donors (Lipinski definition) is 1. The Bertz CT molecular complexity index is 451. The largest absolute Gasteiger partial charge is 0.398 e. The Morgan fingerprint density at radius 1 is 1.59 bits per heavy atom. The van der Waals surface area contributed by atoms with Gasteiger partial charge in [-0.2, -0.15) is 0 Å².